The van der Waals surface area contributed by atoms with Crippen molar-refractivity contribution >= 4 is 28.6 Å². The summed E-state index contributed by atoms with van der Waals surface area (Å²) < 4.78 is 88.7. The summed E-state index contributed by atoms with van der Waals surface area (Å²) in [6, 6.07) is 3.23. The number of H-pyrrole nitrogens is 1. The number of anilines is 2. The number of nitrogens with zero attached hydrogens (tertiary/aromatic N) is 7. The molecular weight excluding hydrogens is 718 g/mol. The van der Waals surface area contributed by atoms with Gasteiger partial charge in [-0.1, -0.05) is 12.8 Å². The van der Waals surface area contributed by atoms with Crippen molar-refractivity contribution < 1.29 is 41.0 Å². The Morgan fingerprint density at radius 2 is 1.61 bits per heavy atom. The van der Waals surface area contributed by atoms with Gasteiger partial charge in [0.05, 0.1) is 41.5 Å². The number of rotatable bonds is 12. The monoisotopic (exact) mass is 762 g/mol. The molecule has 0 bridgehead atoms. The Labute approximate surface area is 308 Å². The number of aromatic amines is 1. The van der Waals surface area contributed by atoms with E-state index in [0.29, 0.717) is 74.1 Å². The van der Waals surface area contributed by atoms with Crippen LogP contribution in [0.5, 0.6) is 0 Å². The zero-order valence-electron chi connectivity index (χ0n) is 30.6. The predicted octanol–water partition coefficient (Wildman–Crippen LogP) is 7.53. The number of benzene rings is 1. The molecule has 54 heavy (non-hydrogen) atoms. The summed E-state index contributed by atoms with van der Waals surface area (Å²) in [5.74, 6) is 0.105. The maximum Gasteiger partial charge on any atom is 0.416 e. The number of aliphatic carboxylic acids is 1. The van der Waals surface area contributed by atoms with Gasteiger partial charge in [0.2, 0.25) is 0 Å². The average Bonchev–Trinajstić information content (AvgIpc) is 3.75. The average molecular weight is 763 g/mol. The van der Waals surface area contributed by atoms with Gasteiger partial charge in [0.25, 0.3) is 0 Å². The minimum atomic E-state index is -5.02. The smallest absolute Gasteiger partial charge is 0.416 e. The maximum absolute atomic E-state index is 13.9. The SMILES string of the molecule is COCC1(CN(C)c2cc(-c3cc(C(F)(F)F)cc(C(F)(F)F)c3)nc3nc(-c4cnc(N5C[C@@H](C)N(CCCC(=O)O)[C@@H](C)C5)cn4)[nH]c23)CCCC1. The van der Waals surface area contributed by atoms with E-state index in [4.69, 9.17) is 9.84 Å². The molecule has 4 heterocycles. The molecule has 0 spiro atoms. The molecule has 17 heteroatoms. The molecule has 2 atom stereocenters. The molecule has 0 unspecified atom stereocenters. The van der Waals surface area contributed by atoms with Crippen molar-refractivity contribution in [3.05, 3.63) is 47.8 Å². The van der Waals surface area contributed by atoms with Crippen LogP contribution >= 0.6 is 0 Å². The Kier molecular flexibility index (Phi) is 11.1. The van der Waals surface area contributed by atoms with Crippen LogP contribution < -0.4 is 9.80 Å². The normalized spacial score (nSPS) is 19.5. The van der Waals surface area contributed by atoms with Gasteiger partial charge in [-0.15, -0.1) is 0 Å². The molecule has 11 nitrogen and oxygen atoms in total. The van der Waals surface area contributed by atoms with E-state index in [1.807, 2.05) is 11.9 Å². The van der Waals surface area contributed by atoms with Gasteiger partial charge in [0, 0.05) is 63.3 Å². The topological polar surface area (TPSA) is 124 Å². The number of fused-ring (bicyclic) bond motifs is 1. The van der Waals surface area contributed by atoms with Crippen LogP contribution in [0.25, 0.3) is 33.9 Å². The molecule has 3 aromatic heterocycles. The number of carboxylic acids is 1. The Morgan fingerprint density at radius 3 is 2.17 bits per heavy atom. The maximum atomic E-state index is 13.9. The van der Waals surface area contributed by atoms with Crippen LogP contribution in [-0.4, -0.2) is 99.9 Å². The Hall–Kier alpha value is -4.51. The minimum absolute atomic E-state index is 0.0927. The molecule has 1 aromatic carbocycles. The van der Waals surface area contributed by atoms with Gasteiger partial charge in [0.1, 0.15) is 17.0 Å². The fraction of sp³-hybridized carbons (Fsp3) is 0.541. The number of nitrogens with one attached hydrogen (secondary N) is 1. The van der Waals surface area contributed by atoms with E-state index in [-0.39, 0.29) is 52.7 Å². The van der Waals surface area contributed by atoms with Gasteiger partial charge in [-0.25, -0.2) is 19.9 Å². The first-order valence-electron chi connectivity index (χ1n) is 17.9. The Bertz CT molecular complexity index is 1900. The lowest BCUT2D eigenvalue weighted by molar-refractivity contribution is -0.143. The molecular formula is C37H44F6N8O3. The Morgan fingerprint density at radius 1 is 0.963 bits per heavy atom. The van der Waals surface area contributed by atoms with Crippen LogP contribution in [0.2, 0.25) is 0 Å². The van der Waals surface area contributed by atoms with Gasteiger partial charge < -0.3 is 24.6 Å². The lowest BCUT2D eigenvalue weighted by Gasteiger charge is -2.44. The highest BCUT2D eigenvalue weighted by atomic mass is 19.4. The number of piperazine rings is 1. The van der Waals surface area contributed by atoms with Gasteiger partial charge in [-0.05, 0) is 63.9 Å². The summed E-state index contributed by atoms with van der Waals surface area (Å²) in [6.07, 6.45) is -2.35. The van der Waals surface area contributed by atoms with Gasteiger partial charge in [-0.2, -0.15) is 26.3 Å². The molecule has 1 aliphatic carbocycles. The summed E-state index contributed by atoms with van der Waals surface area (Å²) in [6.45, 7) is 7.18. The molecule has 292 valence electrons. The number of methoxy groups -OCH3 is 1. The molecule has 6 rings (SSSR count). The third kappa shape index (κ3) is 8.56. The number of pyridine rings is 1. The van der Waals surface area contributed by atoms with E-state index < -0.39 is 29.4 Å². The second kappa shape index (κ2) is 15.3. The third-order valence-electron chi connectivity index (χ3n) is 10.5. The first kappa shape index (κ1) is 39.2. The van der Waals surface area contributed by atoms with E-state index in [0.717, 1.165) is 25.7 Å². The standard InChI is InChI=1S/C37H44F6N8O3/c1-22-18-50(19-23(2)51(22)11-7-8-31(52)53)30-17-44-28(16-45-30)33-47-32-29(49(3)20-35(21-54-4)9-5-6-10-35)15-27(46-34(32)48-33)24-12-25(36(38,39)40)14-26(13-24)37(41,42)43/h12-17,22-23H,5-11,18-21H2,1-4H3,(H,52,53)(H,46,47,48)/t22-,23+. The highest BCUT2D eigenvalue weighted by Crippen LogP contribution is 2.42. The van der Waals surface area contributed by atoms with E-state index in [2.05, 4.69) is 48.6 Å². The second-order valence-corrected chi connectivity index (χ2v) is 14.7. The third-order valence-corrected chi connectivity index (χ3v) is 10.5. The number of halogens is 6. The van der Waals surface area contributed by atoms with E-state index >= 15 is 0 Å². The Balaban J connectivity index is 1.35. The number of aromatic nitrogens is 5. The summed E-state index contributed by atoms with van der Waals surface area (Å²) in [4.78, 5) is 39.0. The van der Waals surface area contributed by atoms with E-state index in [1.165, 1.54) is 6.07 Å². The zero-order valence-corrected chi connectivity index (χ0v) is 30.6. The molecule has 4 aromatic rings. The number of ether oxygens (including phenoxy) is 1. The highest BCUT2D eigenvalue weighted by molar-refractivity contribution is 5.91. The number of hydrogen-bond donors (Lipinski definition) is 2. The molecule has 0 radical (unpaired) electrons. The van der Waals surface area contributed by atoms with Crippen molar-refractivity contribution in [1.29, 1.82) is 0 Å². The largest absolute Gasteiger partial charge is 0.481 e. The first-order chi connectivity index (χ1) is 25.5. The fourth-order valence-electron chi connectivity index (χ4n) is 8.02. The van der Waals surface area contributed by atoms with Gasteiger partial charge in [-0.3, -0.25) is 9.69 Å². The summed E-state index contributed by atoms with van der Waals surface area (Å²) in [5, 5.41) is 9.03. The summed E-state index contributed by atoms with van der Waals surface area (Å²) >= 11 is 0. The van der Waals surface area contributed by atoms with E-state index in [9.17, 15) is 31.1 Å². The first-order valence-corrected chi connectivity index (χ1v) is 17.9. The summed E-state index contributed by atoms with van der Waals surface area (Å²) in [7, 11) is 3.46. The minimum Gasteiger partial charge on any atom is -0.481 e. The van der Waals surface area contributed by atoms with Crippen LogP contribution in [-0.2, 0) is 21.9 Å². The van der Waals surface area contributed by atoms with Crippen molar-refractivity contribution in [2.45, 2.75) is 76.8 Å². The van der Waals surface area contributed by atoms with Gasteiger partial charge in [0.15, 0.2) is 11.5 Å². The highest BCUT2D eigenvalue weighted by Gasteiger charge is 2.38. The van der Waals surface area contributed by atoms with E-state index in [1.54, 1.807) is 19.5 Å². The molecule has 1 saturated carbocycles. The number of carbonyl (C=O) groups is 1. The molecule has 1 aliphatic heterocycles. The van der Waals surface area contributed by atoms with Crippen LogP contribution in [0.4, 0.5) is 37.8 Å². The van der Waals surface area contributed by atoms with Gasteiger partial charge >= 0.3 is 18.3 Å². The predicted molar refractivity (Wildman–Crippen MR) is 191 cm³/mol. The molecule has 1 saturated heterocycles. The van der Waals surface area contributed by atoms with Crippen molar-refractivity contribution in [2.24, 2.45) is 5.41 Å². The number of imidazole rings is 1. The number of carboxylic acid groups (broad SMARTS) is 1. The molecule has 2 aliphatic rings. The van der Waals surface area contributed by atoms with Crippen molar-refractivity contribution in [3.63, 3.8) is 0 Å². The van der Waals surface area contributed by atoms with Crippen molar-refractivity contribution in [2.75, 3.05) is 56.7 Å². The fourth-order valence-corrected chi connectivity index (χ4v) is 8.02. The second-order valence-electron chi connectivity index (χ2n) is 14.7. The summed E-state index contributed by atoms with van der Waals surface area (Å²) in [5.41, 5.74) is -2.11. The molecule has 0 amide bonds. The van der Waals surface area contributed by atoms with Crippen LogP contribution in [0, 0.1) is 5.41 Å². The lowest BCUT2D eigenvalue weighted by atomic mass is 9.86. The quantitative estimate of drug-likeness (QED) is 0.140. The number of hydrogen-bond acceptors (Lipinski definition) is 9. The van der Waals surface area contributed by atoms with Crippen LogP contribution in [0.15, 0.2) is 36.7 Å². The van der Waals surface area contributed by atoms with Crippen molar-refractivity contribution in [3.8, 4) is 22.8 Å². The van der Waals surface area contributed by atoms with Crippen LogP contribution in [0.1, 0.15) is 63.5 Å². The molecule has 2 N–H and O–H groups in total. The molecule has 2 fully saturated rings. The zero-order chi connectivity index (χ0) is 39.0. The van der Waals surface area contributed by atoms with Crippen LogP contribution in [0.3, 0.4) is 0 Å². The van der Waals surface area contributed by atoms with Crippen molar-refractivity contribution in [1.82, 2.24) is 29.8 Å². The number of alkyl halides is 6. The lowest BCUT2D eigenvalue weighted by Crippen LogP contribution is -2.57.